The van der Waals surface area contributed by atoms with Crippen LogP contribution in [0.3, 0.4) is 0 Å². The van der Waals surface area contributed by atoms with E-state index in [4.69, 9.17) is 17.3 Å². The molecule has 0 unspecified atom stereocenters. The van der Waals surface area contributed by atoms with Crippen molar-refractivity contribution in [3.05, 3.63) is 117 Å². The van der Waals surface area contributed by atoms with Crippen LogP contribution in [0.4, 0.5) is 0 Å². The van der Waals surface area contributed by atoms with Crippen LogP contribution in [0.1, 0.15) is 36.1 Å². The summed E-state index contributed by atoms with van der Waals surface area (Å²) in [4.78, 5) is 71.0. The molecule has 1 aliphatic heterocycles. The number of nitrogens with one attached hydrogen (secondary N) is 2. The maximum absolute atomic E-state index is 14.5. The fraction of sp³-hybridized carbons (Fsp3) is 0.265. The highest BCUT2D eigenvalue weighted by Crippen LogP contribution is 2.33. The Bertz CT molecular complexity index is 1800. The van der Waals surface area contributed by atoms with Gasteiger partial charge in [-0.3, -0.25) is 24.0 Å². The number of halogens is 1. The first-order valence-corrected chi connectivity index (χ1v) is 15.1. The van der Waals surface area contributed by atoms with Crippen molar-refractivity contribution in [3.63, 3.8) is 0 Å². The number of nitrogens with two attached hydrogens (primary N) is 1. The predicted octanol–water partition coefficient (Wildman–Crippen LogP) is 3.13. The lowest BCUT2D eigenvalue weighted by atomic mass is 9.96. The van der Waals surface area contributed by atoms with Crippen LogP contribution in [0.2, 0.25) is 5.02 Å². The van der Waals surface area contributed by atoms with Crippen molar-refractivity contribution in [2.24, 2.45) is 5.73 Å². The number of benzene rings is 3. The van der Waals surface area contributed by atoms with E-state index in [2.05, 4.69) is 10.3 Å². The van der Waals surface area contributed by atoms with Crippen LogP contribution in [-0.4, -0.2) is 63.6 Å². The third kappa shape index (κ3) is 7.24. The van der Waals surface area contributed by atoms with E-state index >= 15 is 0 Å². The molecule has 1 aromatic heterocycles. The average Bonchev–Trinajstić information content (AvgIpc) is 3.14. The molecule has 10 nitrogen and oxygen atoms in total. The number of carbonyl (C=O) groups excluding carboxylic acids is 4. The molecule has 3 aromatic carbocycles. The molecule has 0 bridgehead atoms. The smallest absolute Gasteiger partial charge is 0.250 e. The summed E-state index contributed by atoms with van der Waals surface area (Å²) in [5, 5.41) is 4.96. The minimum atomic E-state index is -1.12. The van der Waals surface area contributed by atoms with Crippen molar-refractivity contribution < 1.29 is 19.2 Å². The molecule has 0 aliphatic carbocycles. The van der Waals surface area contributed by atoms with Crippen molar-refractivity contribution in [3.8, 4) is 0 Å². The Kier molecular flexibility index (Phi) is 9.63. The summed E-state index contributed by atoms with van der Waals surface area (Å²) in [7, 11) is 0. The first-order chi connectivity index (χ1) is 21.6. The van der Waals surface area contributed by atoms with E-state index in [1.165, 1.54) is 22.1 Å². The van der Waals surface area contributed by atoms with Crippen molar-refractivity contribution in [2.75, 3.05) is 13.1 Å². The Hall–Kier alpha value is -4.96. The van der Waals surface area contributed by atoms with Gasteiger partial charge in [0.1, 0.15) is 12.1 Å². The Morgan fingerprint density at radius 3 is 2.53 bits per heavy atom. The fourth-order valence-electron chi connectivity index (χ4n) is 5.94. The number of nitrogens with zero attached hydrogens (tertiary/aromatic N) is 2. The van der Waals surface area contributed by atoms with Gasteiger partial charge in [-0.1, -0.05) is 66.2 Å². The highest BCUT2D eigenvalue weighted by molar-refractivity contribution is 6.30. The first-order valence-electron chi connectivity index (χ1n) is 14.7. The number of H-pyrrole nitrogens is 1. The number of hydrogen-bond donors (Lipinski definition) is 3. The summed E-state index contributed by atoms with van der Waals surface area (Å²) >= 11 is 6.34. The molecule has 4 amide bonds. The van der Waals surface area contributed by atoms with E-state index < -0.39 is 41.8 Å². The van der Waals surface area contributed by atoms with E-state index in [1.807, 2.05) is 49.4 Å². The third-order valence-corrected chi connectivity index (χ3v) is 8.38. The summed E-state index contributed by atoms with van der Waals surface area (Å²) < 4.78 is 0. The number of carbonyl (C=O) groups is 4. The second kappa shape index (κ2) is 13.8. The highest BCUT2D eigenvalue weighted by atomic mass is 35.5. The molecule has 4 N–H and O–H groups in total. The quantitative estimate of drug-likeness (QED) is 0.261. The van der Waals surface area contributed by atoms with Gasteiger partial charge >= 0.3 is 0 Å². The van der Waals surface area contributed by atoms with Crippen LogP contribution in [0.25, 0.3) is 10.8 Å². The fourth-order valence-corrected chi connectivity index (χ4v) is 6.14. The van der Waals surface area contributed by atoms with Gasteiger partial charge in [0.25, 0.3) is 5.91 Å². The van der Waals surface area contributed by atoms with Crippen molar-refractivity contribution in [1.82, 2.24) is 20.1 Å². The van der Waals surface area contributed by atoms with Gasteiger partial charge in [-0.15, -0.1) is 0 Å². The predicted molar refractivity (Wildman–Crippen MR) is 171 cm³/mol. The zero-order valence-corrected chi connectivity index (χ0v) is 25.5. The number of rotatable bonds is 9. The lowest BCUT2D eigenvalue weighted by Gasteiger charge is -2.36. The second-order valence-electron chi connectivity index (χ2n) is 11.2. The minimum Gasteiger partial charge on any atom is -0.368 e. The number of hydrogen-bond acceptors (Lipinski definition) is 5. The monoisotopic (exact) mass is 627 g/mol. The maximum atomic E-state index is 14.5. The molecule has 0 saturated carbocycles. The molecule has 4 aromatic rings. The summed E-state index contributed by atoms with van der Waals surface area (Å²) in [5.74, 6) is -2.05. The zero-order chi connectivity index (χ0) is 32.1. The average molecular weight is 628 g/mol. The SMILES string of the molecule is C[C@@H]1CCN([C@H](Cc2cccc3ccccc23)C(N)=O)C(=O)[C@@H](c2cccc(Cl)c2)N1C(=O)CNC(=O)Cc1cc[nH]c(=O)c1. The molecular formula is C34H34ClN5O5. The van der Waals surface area contributed by atoms with Gasteiger partial charge in [0.15, 0.2) is 0 Å². The Labute approximate surface area is 265 Å². The van der Waals surface area contributed by atoms with E-state index in [9.17, 15) is 24.0 Å². The van der Waals surface area contributed by atoms with Crippen LogP contribution >= 0.6 is 11.6 Å². The van der Waals surface area contributed by atoms with Crippen LogP contribution in [0.15, 0.2) is 89.9 Å². The minimum absolute atomic E-state index is 0.0916. The van der Waals surface area contributed by atoms with E-state index in [0.29, 0.717) is 22.6 Å². The molecule has 1 fully saturated rings. The van der Waals surface area contributed by atoms with Crippen molar-refractivity contribution >= 4 is 46.0 Å². The van der Waals surface area contributed by atoms with Gasteiger partial charge in [-0.25, -0.2) is 0 Å². The lowest BCUT2D eigenvalue weighted by Crippen LogP contribution is -2.53. The van der Waals surface area contributed by atoms with Crippen LogP contribution in [0.5, 0.6) is 0 Å². The zero-order valence-electron chi connectivity index (χ0n) is 24.7. The normalized spacial score (nSPS) is 17.5. The van der Waals surface area contributed by atoms with Crippen LogP contribution < -0.4 is 16.6 Å². The largest absolute Gasteiger partial charge is 0.368 e. The summed E-state index contributed by atoms with van der Waals surface area (Å²) in [6, 6.07) is 20.7. The molecule has 1 saturated heterocycles. The standard InChI is InChI=1S/C34H34ClN5O5/c1-21-13-15-39(28(33(36)44)19-24-8-4-7-23-6-2-3-11-27(23)24)34(45)32(25-9-5-10-26(35)18-25)40(21)31(43)20-38-30(42)17-22-12-14-37-29(41)16-22/h2-12,14,16,18,21,28,32H,13,15,17,19-20H2,1H3,(H2,36,44)(H,37,41)(H,38,42)/t21-,28-,32-/m1/s1. The van der Waals surface area contributed by atoms with Gasteiger partial charge in [0.2, 0.25) is 23.3 Å². The van der Waals surface area contributed by atoms with E-state index in [-0.39, 0.29) is 31.5 Å². The van der Waals surface area contributed by atoms with Crippen molar-refractivity contribution in [2.45, 2.75) is 44.3 Å². The topological polar surface area (TPSA) is 146 Å². The Morgan fingerprint density at radius 1 is 1.02 bits per heavy atom. The number of aromatic amines is 1. The maximum Gasteiger partial charge on any atom is 0.250 e. The Morgan fingerprint density at radius 2 is 1.78 bits per heavy atom. The molecule has 0 spiro atoms. The van der Waals surface area contributed by atoms with Crippen LogP contribution in [0, 0.1) is 0 Å². The van der Waals surface area contributed by atoms with E-state index in [1.54, 1.807) is 30.3 Å². The number of aromatic nitrogens is 1. The third-order valence-electron chi connectivity index (χ3n) is 8.15. The van der Waals surface area contributed by atoms with Crippen molar-refractivity contribution in [1.29, 1.82) is 0 Å². The molecular weight excluding hydrogens is 594 g/mol. The second-order valence-corrected chi connectivity index (χ2v) is 11.6. The lowest BCUT2D eigenvalue weighted by molar-refractivity contribution is -0.148. The molecule has 232 valence electrons. The first kappa shape index (κ1) is 31.5. The van der Waals surface area contributed by atoms with Gasteiger partial charge in [-0.2, -0.15) is 0 Å². The number of primary amides is 1. The van der Waals surface area contributed by atoms with Gasteiger partial charge in [0.05, 0.1) is 13.0 Å². The summed E-state index contributed by atoms with van der Waals surface area (Å²) in [5.41, 5.74) is 7.47. The Balaban J connectivity index is 1.44. The summed E-state index contributed by atoms with van der Waals surface area (Å²) in [6.07, 6.45) is 1.92. The molecule has 2 heterocycles. The molecule has 45 heavy (non-hydrogen) atoms. The number of fused-ring (bicyclic) bond motifs is 1. The number of pyridine rings is 1. The van der Waals surface area contributed by atoms with Crippen LogP contribution in [-0.2, 0) is 32.0 Å². The van der Waals surface area contributed by atoms with Gasteiger partial charge in [0, 0.05) is 36.3 Å². The highest BCUT2D eigenvalue weighted by Gasteiger charge is 2.43. The molecule has 5 rings (SSSR count). The van der Waals surface area contributed by atoms with Gasteiger partial charge < -0.3 is 25.8 Å². The molecule has 11 heteroatoms. The van der Waals surface area contributed by atoms with Gasteiger partial charge in [-0.05, 0) is 59.0 Å². The molecule has 1 aliphatic rings. The summed E-state index contributed by atoms with van der Waals surface area (Å²) in [6.45, 7) is 1.65. The molecule has 0 radical (unpaired) electrons. The van der Waals surface area contributed by atoms with E-state index in [0.717, 1.165) is 16.3 Å². The molecule has 3 atom stereocenters. The number of amides is 4.